The maximum Gasteiger partial charge on any atom is 0.343 e. The van der Waals surface area contributed by atoms with Crippen LogP contribution in [0.4, 0.5) is 10.1 Å². The SMILES string of the molecule is Cc1ccc(C(=O)Oc2ccc(/C=N/NC(=S)Nc3ccc(F)cc3)cc2)cc1. The van der Waals surface area contributed by atoms with Gasteiger partial charge in [0, 0.05) is 5.69 Å². The van der Waals surface area contributed by atoms with Crippen molar-refractivity contribution in [3.05, 3.63) is 95.3 Å². The summed E-state index contributed by atoms with van der Waals surface area (Å²) in [4.78, 5) is 12.1. The average Bonchev–Trinajstić information content (AvgIpc) is 2.71. The van der Waals surface area contributed by atoms with E-state index in [2.05, 4.69) is 15.8 Å². The van der Waals surface area contributed by atoms with E-state index in [4.69, 9.17) is 17.0 Å². The summed E-state index contributed by atoms with van der Waals surface area (Å²) < 4.78 is 18.2. The topological polar surface area (TPSA) is 62.7 Å². The maximum atomic E-state index is 12.9. The second-order valence-corrected chi connectivity index (χ2v) is 6.56. The van der Waals surface area contributed by atoms with Crippen molar-refractivity contribution < 1.29 is 13.9 Å². The fourth-order valence-electron chi connectivity index (χ4n) is 2.34. The van der Waals surface area contributed by atoms with Crippen molar-refractivity contribution in [1.29, 1.82) is 0 Å². The summed E-state index contributed by atoms with van der Waals surface area (Å²) >= 11 is 5.12. The molecule has 0 aliphatic rings. The number of halogens is 1. The first-order chi connectivity index (χ1) is 14.0. The number of rotatable bonds is 5. The molecule has 0 amide bonds. The Morgan fingerprint density at radius 3 is 2.31 bits per heavy atom. The normalized spacial score (nSPS) is 10.6. The molecule has 0 unspecified atom stereocenters. The van der Waals surface area contributed by atoms with E-state index in [1.165, 1.54) is 12.1 Å². The molecule has 0 atom stereocenters. The zero-order valence-electron chi connectivity index (χ0n) is 15.6. The Hall–Kier alpha value is -3.58. The lowest BCUT2D eigenvalue weighted by Gasteiger charge is -2.07. The second-order valence-electron chi connectivity index (χ2n) is 6.16. The lowest BCUT2D eigenvalue weighted by molar-refractivity contribution is 0.0735. The van der Waals surface area contributed by atoms with Gasteiger partial charge in [-0.25, -0.2) is 9.18 Å². The van der Waals surface area contributed by atoms with E-state index in [1.54, 1.807) is 54.7 Å². The van der Waals surface area contributed by atoms with Gasteiger partial charge in [0.15, 0.2) is 5.11 Å². The van der Waals surface area contributed by atoms with Crippen LogP contribution in [0.5, 0.6) is 5.75 Å². The van der Waals surface area contributed by atoms with Crippen LogP contribution >= 0.6 is 12.2 Å². The highest BCUT2D eigenvalue weighted by atomic mass is 32.1. The van der Waals surface area contributed by atoms with Crippen LogP contribution in [0.1, 0.15) is 21.5 Å². The molecule has 3 rings (SSSR count). The summed E-state index contributed by atoms with van der Waals surface area (Å²) in [5.74, 6) is -0.292. The van der Waals surface area contributed by atoms with Gasteiger partial charge in [-0.3, -0.25) is 5.43 Å². The number of nitrogens with one attached hydrogen (secondary N) is 2. The third kappa shape index (κ3) is 6.22. The van der Waals surface area contributed by atoms with Gasteiger partial charge in [0.05, 0.1) is 11.8 Å². The Labute approximate surface area is 173 Å². The molecule has 29 heavy (non-hydrogen) atoms. The summed E-state index contributed by atoms with van der Waals surface area (Å²) in [5, 5.41) is 7.20. The maximum absolute atomic E-state index is 12.9. The van der Waals surface area contributed by atoms with E-state index in [1.807, 2.05) is 19.1 Å². The molecule has 0 saturated carbocycles. The number of nitrogens with zero attached hydrogens (tertiary/aromatic N) is 1. The van der Waals surface area contributed by atoms with Crippen molar-refractivity contribution in [3.8, 4) is 5.75 Å². The highest BCUT2D eigenvalue weighted by Gasteiger charge is 2.07. The van der Waals surface area contributed by atoms with Crippen LogP contribution < -0.4 is 15.5 Å². The van der Waals surface area contributed by atoms with Gasteiger partial charge in [-0.05, 0) is 85.4 Å². The second kappa shape index (κ2) is 9.57. The third-order valence-corrected chi connectivity index (χ3v) is 4.05. The molecule has 0 spiro atoms. The Balaban J connectivity index is 1.50. The summed E-state index contributed by atoms with van der Waals surface area (Å²) in [6, 6.07) is 19.9. The van der Waals surface area contributed by atoms with Crippen LogP contribution in [-0.2, 0) is 0 Å². The van der Waals surface area contributed by atoms with Crippen LogP contribution in [0.2, 0.25) is 0 Å². The molecule has 3 aromatic carbocycles. The Morgan fingerprint density at radius 2 is 1.66 bits per heavy atom. The van der Waals surface area contributed by atoms with Gasteiger partial charge in [-0.15, -0.1) is 0 Å². The van der Waals surface area contributed by atoms with Crippen LogP contribution in [0.15, 0.2) is 77.9 Å². The van der Waals surface area contributed by atoms with Gasteiger partial charge < -0.3 is 10.1 Å². The molecule has 0 bridgehead atoms. The monoisotopic (exact) mass is 407 g/mol. The fraction of sp³-hybridized carbons (Fsp3) is 0.0455. The minimum absolute atomic E-state index is 0.275. The van der Waals surface area contributed by atoms with E-state index in [0.29, 0.717) is 17.0 Å². The molecule has 0 aliphatic heterocycles. The average molecular weight is 407 g/mol. The Morgan fingerprint density at radius 1 is 1.00 bits per heavy atom. The highest BCUT2D eigenvalue weighted by Crippen LogP contribution is 2.14. The molecule has 7 heteroatoms. The van der Waals surface area contributed by atoms with E-state index in [-0.39, 0.29) is 10.9 Å². The minimum Gasteiger partial charge on any atom is -0.423 e. The van der Waals surface area contributed by atoms with Crippen molar-refractivity contribution in [2.75, 3.05) is 5.32 Å². The molecular weight excluding hydrogens is 389 g/mol. The summed E-state index contributed by atoms with van der Waals surface area (Å²) in [5.41, 5.74) is 5.69. The van der Waals surface area contributed by atoms with Gasteiger partial charge >= 0.3 is 5.97 Å². The van der Waals surface area contributed by atoms with Crippen molar-refractivity contribution >= 4 is 35.2 Å². The Bertz CT molecular complexity index is 1020. The first-order valence-corrected chi connectivity index (χ1v) is 9.15. The predicted octanol–water partition coefficient (Wildman–Crippen LogP) is 4.67. The first-order valence-electron chi connectivity index (χ1n) is 8.74. The van der Waals surface area contributed by atoms with Gasteiger partial charge in [0.25, 0.3) is 0 Å². The molecule has 0 aromatic heterocycles. The van der Waals surface area contributed by atoms with E-state index < -0.39 is 5.97 Å². The van der Waals surface area contributed by atoms with E-state index >= 15 is 0 Å². The molecule has 5 nitrogen and oxygen atoms in total. The summed E-state index contributed by atoms with van der Waals surface area (Å²) in [7, 11) is 0. The number of hydrogen-bond acceptors (Lipinski definition) is 4. The van der Waals surface area contributed by atoms with Crippen molar-refractivity contribution in [3.63, 3.8) is 0 Å². The number of carbonyl (C=O) groups is 1. The van der Waals surface area contributed by atoms with Crippen LogP contribution in [0.25, 0.3) is 0 Å². The largest absolute Gasteiger partial charge is 0.423 e. The number of benzene rings is 3. The number of anilines is 1. The van der Waals surface area contributed by atoms with Crippen molar-refractivity contribution in [2.24, 2.45) is 5.10 Å². The third-order valence-electron chi connectivity index (χ3n) is 3.86. The quantitative estimate of drug-likeness (QED) is 0.212. The molecule has 2 N–H and O–H groups in total. The molecule has 0 aliphatic carbocycles. The van der Waals surface area contributed by atoms with Crippen LogP contribution in [0, 0.1) is 12.7 Å². The number of thiocarbonyl (C=S) groups is 1. The lowest BCUT2D eigenvalue weighted by atomic mass is 10.1. The number of carbonyl (C=O) groups excluding carboxylic acids is 1. The van der Waals surface area contributed by atoms with Crippen molar-refractivity contribution in [1.82, 2.24) is 5.43 Å². The first kappa shape index (κ1) is 20.2. The number of hydrogen-bond donors (Lipinski definition) is 2. The zero-order valence-corrected chi connectivity index (χ0v) is 16.4. The fourth-order valence-corrected chi connectivity index (χ4v) is 2.51. The van der Waals surface area contributed by atoms with Gasteiger partial charge in [-0.1, -0.05) is 17.7 Å². The molecule has 3 aromatic rings. The molecular formula is C22H18FN3O2S. The molecule has 146 valence electrons. The van der Waals surface area contributed by atoms with Crippen LogP contribution in [0.3, 0.4) is 0 Å². The predicted molar refractivity (Wildman–Crippen MR) is 116 cm³/mol. The number of ether oxygens (including phenoxy) is 1. The smallest absolute Gasteiger partial charge is 0.343 e. The summed E-state index contributed by atoms with van der Waals surface area (Å²) in [6.07, 6.45) is 1.57. The Kier molecular flexibility index (Phi) is 6.65. The summed E-state index contributed by atoms with van der Waals surface area (Å²) in [6.45, 7) is 1.95. The zero-order chi connectivity index (χ0) is 20.6. The highest BCUT2D eigenvalue weighted by molar-refractivity contribution is 7.80. The number of esters is 1. The molecule has 0 fully saturated rings. The molecule has 0 saturated heterocycles. The van der Waals surface area contributed by atoms with Gasteiger partial charge in [0.2, 0.25) is 0 Å². The van der Waals surface area contributed by atoms with Crippen molar-refractivity contribution in [2.45, 2.75) is 6.92 Å². The number of hydrazone groups is 1. The van der Waals surface area contributed by atoms with E-state index in [9.17, 15) is 9.18 Å². The molecule has 0 radical (unpaired) electrons. The van der Waals surface area contributed by atoms with Gasteiger partial charge in [-0.2, -0.15) is 5.10 Å². The van der Waals surface area contributed by atoms with Crippen LogP contribution in [-0.4, -0.2) is 17.3 Å². The molecule has 0 heterocycles. The van der Waals surface area contributed by atoms with E-state index in [0.717, 1.165) is 11.1 Å². The standard InChI is InChI=1S/C22H18FN3O2S/c1-15-2-6-17(7-3-15)21(27)28-20-12-4-16(5-13-20)14-24-26-22(29)25-19-10-8-18(23)9-11-19/h2-14H,1H3,(H2,25,26,29)/b24-14+. The number of aryl methyl sites for hydroxylation is 1. The lowest BCUT2D eigenvalue weighted by Crippen LogP contribution is -2.23. The van der Waals surface area contributed by atoms with Gasteiger partial charge in [0.1, 0.15) is 11.6 Å². The minimum atomic E-state index is -0.412.